The number of pyridine rings is 2. The van der Waals surface area contributed by atoms with Gasteiger partial charge >= 0.3 is 5.97 Å². The van der Waals surface area contributed by atoms with Crippen molar-refractivity contribution in [1.29, 1.82) is 0 Å². The van der Waals surface area contributed by atoms with E-state index in [9.17, 15) is 9.18 Å². The lowest BCUT2D eigenvalue weighted by Crippen LogP contribution is -2.07. The fourth-order valence-electron chi connectivity index (χ4n) is 2.50. The highest BCUT2D eigenvalue weighted by Gasteiger charge is 2.15. The van der Waals surface area contributed by atoms with Crippen LogP contribution in [0.5, 0.6) is 5.88 Å². The molecule has 3 heterocycles. The maximum atomic E-state index is 13.7. The number of nitrogens with zero attached hydrogens (tertiary/aromatic N) is 3. The van der Waals surface area contributed by atoms with Gasteiger partial charge in [0.05, 0.1) is 7.11 Å². The highest BCUT2D eigenvalue weighted by atomic mass is 19.1. The summed E-state index contributed by atoms with van der Waals surface area (Å²) >= 11 is 0. The molecule has 0 spiro atoms. The highest BCUT2D eigenvalue weighted by Crippen LogP contribution is 2.30. The van der Waals surface area contributed by atoms with Crippen molar-refractivity contribution in [2.75, 3.05) is 19.0 Å². The van der Waals surface area contributed by atoms with Gasteiger partial charge in [0, 0.05) is 37.0 Å². The summed E-state index contributed by atoms with van der Waals surface area (Å²) in [5.74, 6) is -0.215. The van der Waals surface area contributed by atoms with E-state index in [4.69, 9.17) is 9.84 Å². The number of carboxylic acid groups (broad SMARTS) is 1. The van der Waals surface area contributed by atoms with Gasteiger partial charge in [-0.3, -0.25) is 9.20 Å². The smallest absolute Gasteiger partial charge is 0.303 e. The predicted molar refractivity (Wildman–Crippen MR) is 90.3 cm³/mol. The lowest BCUT2D eigenvalue weighted by molar-refractivity contribution is -0.137. The predicted octanol–water partition coefficient (Wildman–Crippen LogP) is 2.82. The molecule has 0 aromatic carbocycles. The van der Waals surface area contributed by atoms with Crippen molar-refractivity contribution in [3.8, 4) is 17.1 Å². The third-order valence-electron chi connectivity index (χ3n) is 3.66. The van der Waals surface area contributed by atoms with Crippen molar-refractivity contribution in [3.63, 3.8) is 0 Å². The Kier molecular flexibility index (Phi) is 4.78. The number of hydrogen-bond acceptors (Lipinski definition) is 5. The Morgan fingerprint density at radius 3 is 3.00 bits per heavy atom. The molecule has 3 aromatic rings. The molecule has 25 heavy (non-hydrogen) atoms. The molecular formula is C17H17FN4O3. The summed E-state index contributed by atoms with van der Waals surface area (Å²) in [4.78, 5) is 19.3. The first-order chi connectivity index (χ1) is 12.1. The van der Waals surface area contributed by atoms with Crippen LogP contribution in [0.15, 0.2) is 36.7 Å². The molecular weight excluding hydrogens is 327 g/mol. The Bertz CT molecular complexity index is 910. The molecule has 0 radical (unpaired) electrons. The summed E-state index contributed by atoms with van der Waals surface area (Å²) in [6.45, 7) is 0.422. The minimum Gasteiger partial charge on any atom is -0.481 e. The molecule has 8 heteroatoms. The zero-order valence-electron chi connectivity index (χ0n) is 13.6. The Labute approximate surface area is 143 Å². The van der Waals surface area contributed by atoms with Crippen molar-refractivity contribution in [2.24, 2.45) is 0 Å². The van der Waals surface area contributed by atoms with Gasteiger partial charge in [-0.2, -0.15) is 0 Å². The number of rotatable bonds is 7. The lowest BCUT2D eigenvalue weighted by Gasteiger charge is -2.09. The lowest BCUT2D eigenvalue weighted by atomic mass is 10.2. The van der Waals surface area contributed by atoms with Gasteiger partial charge in [-0.25, -0.2) is 14.4 Å². The van der Waals surface area contributed by atoms with E-state index in [0.29, 0.717) is 36.0 Å². The zero-order valence-corrected chi connectivity index (χ0v) is 13.6. The summed E-state index contributed by atoms with van der Waals surface area (Å²) in [6.07, 6.45) is 3.43. The molecule has 0 saturated heterocycles. The normalized spacial score (nSPS) is 10.8. The molecule has 0 aliphatic carbocycles. The number of carboxylic acids is 1. The molecule has 0 amide bonds. The minimum atomic E-state index is -0.856. The van der Waals surface area contributed by atoms with Crippen LogP contribution < -0.4 is 10.1 Å². The van der Waals surface area contributed by atoms with Gasteiger partial charge in [0.1, 0.15) is 23.0 Å². The Balaban J connectivity index is 2.00. The van der Waals surface area contributed by atoms with Crippen LogP contribution in [0.1, 0.15) is 12.8 Å². The summed E-state index contributed by atoms with van der Waals surface area (Å²) in [6, 6.07) is 6.44. The van der Waals surface area contributed by atoms with Crippen molar-refractivity contribution >= 4 is 17.4 Å². The molecule has 0 fully saturated rings. The molecule has 130 valence electrons. The Hall–Kier alpha value is -3.16. The van der Waals surface area contributed by atoms with Crippen molar-refractivity contribution < 1.29 is 19.0 Å². The third kappa shape index (κ3) is 3.68. The van der Waals surface area contributed by atoms with Gasteiger partial charge in [0.15, 0.2) is 0 Å². The van der Waals surface area contributed by atoms with Crippen LogP contribution in [0.25, 0.3) is 16.9 Å². The number of anilines is 1. The summed E-state index contributed by atoms with van der Waals surface area (Å²) in [7, 11) is 1.52. The Morgan fingerprint density at radius 1 is 1.40 bits per heavy atom. The van der Waals surface area contributed by atoms with Crippen LogP contribution in [-0.2, 0) is 4.79 Å². The highest BCUT2D eigenvalue weighted by molar-refractivity contribution is 5.77. The number of methoxy groups -OCH3 is 1. The second-order valence-corrected chi connectivity index (χ2v) is 5.40. The van der Waals surface area contributed by atoms with Crippen LogP contribution >= 0.6 is 0 Å². The van der Waals surface area contributed by atoms with Gasteiger partial charge < -0.3 is 15.2 Å². The van der Waals surface area contributed by atoms with Crippen LogP contribution in [0.3, 0.4) is 0 Å². The van der Waals surface area contributed by atoms with E-state index in [0.717, 1.165) is 5.56 Å². The van der Waals surface area contributed by atoms with Gasteiger partial charge in [-0.15, -0.1) is 0 Å². The first kappa shape index (κ1) is 16.7. The molecule has 3 aromatic heterocycles. The Morgan fingerprint density at radius 2 is 2.24 bits per heavy atom. The van der Waals surface area contributed by atoms with Gasteiger partial charge in [0.2, 0.25) is 5.88 Å². The standard InChI is InChI=1S/C17H17FN4O3/c1-25-14-9-11(6-8-19-14)16-17(20-7-2-3-15(23)24)22-10-12(18)4-5-13(22)21-16/h4-6,8-10,20H,2-3,7H2,1H3,(H,23,24). The summed E-state index contributed by atoms with van der Waals surface area (Å²) in [5.41, 5.74) is 1.95. The number of aliphatic carboxylic acids is 1. The third-order valence-corrected chi connectivity index (χ3v) is 3.66. The molecule has 0 unspecified atom stereocenters. The average molecular weight is 344 g/mol. The van der Waals surface area contributed by atoms with Gasteiger partial charge in [0.25, 0.3) is 0 Å². The second kappa shape index (κ2) is 7.16. The second-order valence-electron chi connectivity index (χ2n) is 5.40. The summed E-state index contributed by atoms with van der Waals surface area (Å²) < 4.78 is 20.4. The van der Waals surface area contributed by atoms with Crippen LogP contribution in [0, 0.1) is 5.82 Å². The van der Waals surface area contributed by atoms with Crippen molar-refractivity contribution in [3.05, 3.63) is 42.5 Å². The first-order valence-electron chi connectivity index (χ1n) is 7.72. The number of imidazole rings is 1. The van der Waals surface area contributed by atoms with Gasteiger partial charge in [-0.1, -0.05) is 0 Å². The average Bonchev–Trinajstić information content (AvgIpc) is 2.96. The van der Waals surface area contributed by atoms with E-state index in [1.54, 1.807) is 28.8 Å². The van der Waals surface area contributed by atoms with E-state index >= 15 is 0 Å². The number of hydrogen-bond donors (Lipinski definition) is 2. The fraction of sp³-hybridized carbons (Fsp3) is 0.235. The van der Waals surface area contributed by atoms with Crippen LogP contribution in [0.4, 0.5) is 10.2 Å². The number of ether oxygens (including phenoxy) is 1. The topological polar surface area (TPSA) is 88.8 Å². The maximum Gasteiger partial charge on any atom is 0.303 e. The van der Waals surface area contributed by atoms with E-state index in [2.05, 4.69) is 15.3 Å². The SMILES string of the molecule is COc1cc(-c2nc3ccc(F)cn3c2NCCCC(=O)O)ccn1. The molecule has 3 rings (SSSR count). The molecule has 0 aliphatic rings. The quantitative estimate of drug-likeness (QED) is 0.641. The number of nitrogens with one attached hydrogen (secondary N) is 1. The van der Waals surface area contributed by atoms with Crippen molar-refractivity contribution in [2.45, 2.75) is 12.8 Å². The van der Waals surface area contributed by atoms with E-state index < -0.39 is 11.8 Å². The molecule has 7 nitrogen and oxygen atoms in total. The minimum absolute atomic E-state index is 0.0521. The van der Waals surface area contributed by atoms with Crippen molar-refractivity contribution in [1.82, 2.24) is 14.4 Å². The zero-order chi connectivity index (χ0) is 17.8. The fourth-order valence-corrected chi connectivity index (χ4v) is 2.50. The van der Waals surface area contributed by atoms with Crippen LogP contribution in [-0.4, -0.2) is 39.1 Å². The number of halogens is 1. The number of fused-ring (bicyclic) bond motifs is 1. The molecule has 0 saturated carbocycles. The number of aromatic nitrogens is 3. The monoisotopic (exact) mass is 344 g/mol. The largest absolute Gasteiger partial charge is 0.481 e. The maximum absolute atomic E-state index is 13.7. The van der Waals surface area contributed by atoms with Gasteiger partial charge in [-0.05, 0) is 24.6 Å². The molecule has 0 atom stereocenters. The molecule has 0 aliphatic heterocycles. The van der Waals surface area contributed by atoms with E-state index in [1.807, 2.05) is 0 Å². The van der Waals surface area contributed by atoms with Crippen LogP contribution in [0.2, 0.25) is 0 Å². The van der Waals surface area contributed by atoms with E-state index in [1.165, 1.54) is 19.4 Å². The number of carbonyl (C=O) groups is 1. The first-order valence-corrected chi connectivity index (χ1v) is 7.72. The summed E-state index contributed by atoms with van der Waals surface area (Å²) in [5, 5.41) is 11.9. The molecule has 0 bridgehead atoms. The molecule has 2 N–H and O–H groups in total. The van der Waals surface area contributed by atoms with E-state index in [-0.39, 0.29) is 6.42 Å².